The molecule has 1 heterocycles. The third-order valence-corrected chi connectivity index (χ3v) is 11.1. The van der Waals surface area contributed by atoms with Gasteiger partial charge in [-0.1, -0.05) is 41.5 Å². The summed E-state index contributed by atoms with van der Waals surface area (Å²) in [5.41, 5.74) is 0. The zero-order valence-electron chi connectivity index (χ0n) is 22.6. The first-order valence-electron chi connectivity index (χ1n) is 12.2. The quantitative estimate of drug-likeness (QED) is 0.348. The van der Waals surface area contributed by atoms with Crippen molar-refractivity contribution in [3.8, 4) is 0 Å². The van der Waals surface area contributed by atoms with E-state index in [0.29, 0.717) is 6.54 Å². The van der Waals surface area contributed by atoms with Gasteiger partial charge in [0.15, 0.2) is 8.32 Å². The minimum Gasteiger partial charge on any atom is -0.480 e. The van der Waals surface area contributed by atoms with Crippen molar-refractivity contribution in [2.45, 2.75) is 79.1 Å². The Balaban J connectivity index is 0.00000135. The molecule has 4 amide bonds. The second kappa shape index (κ2) is 14.4. The number of carbonyl (C=O) groups is 4. The summed E-state index contributed by atoms with van der Waals surface area (Å²) in [4.78, 5) is 52.2. The highest BCUT2D eigenvalue weighted by Crippen LogP contribution is 2.36. The SMILES string of the molecule is CCN(CC)CC.CCN1CCN(C(=O)N[C@H](CCO[Si](C)(C)C(C)(C)C)C(=O)O)C(=O)C1=O. The number of hydrogen-bond acceptors (Lipinski definition) is 6. The molecule has 1 aliphatic heterocycles. The smallest absolute Gasteiger partial charge is 0.326 e. The number of carboxylic acid groups (broad SMARTS) is 1. The van der Waals surface area contributed by atoms with Crippen molar-refractivity contribution in [1.29, 1.82) is 0 Å². The summed E-state index contributed by atoms with van der Waals surface area (Å²) >= 11 is 0. The van der Waals surface area contributed by atoms with E-state index in [1.54, 1.807) is 6.92 Å². The standard InChI is InChI=1S/C17H31N3O6Si.C6H15N/c1-7-19-9-10-20(14(22)13(19)21)16(25)18-12(15(23)24)8-11-26-27(5,6)17(2,3)4;1-4-7(5-2)6-3/h12H,7-11H2,1-6H3,(H,18,25)(H,23,24);4-6H2,1-3H3/t12-;/m1./s1. The van der Waals surface area contributed by atoms with Crippen LogP contribution in [-0.4, -0.2) is 104 Å². The monoisotopic (exact) mass is 502 g/mol. The van der Waals surface area contributed by atoms with E-state index < -0.39 is 38.2 Å². The van der Waals surface area contributed by atoms with Crippen molar-refractivity contribution < 1.29 is 28.7 Å². The van der Waals surface area contributed by atoms with Crippen LogP contribution < -0.4 is 5.32 Å². The van der Waals surface area contributed by atoms with E-state index in [-0.39, 0.29) is 31.2 Å². The van der Waals surface area contributed by atoms with E-state index in [0.717, 1.165) is 4.90 Å². The number of aliphatic carboxylic acids is 1. The van der Waals surface area contributed by atoms with Gasteiger partial charge in [-0.2, -0.15) is 0 Å². The number of piperazine rings is 1. The molecule has 1 aliphatic rings. The Hall–Kier alpha value is -1.98. The minimum atomic E-state index is -2.03. The summed E-state index contributed by atoms with van der Waals surface area (Å²) in [5, 5.41) is 11.7. The van der Waals surface area contributed by atoms with Gasteiger partial charge < -0.3 is 24.6 Å². The van der Waals surface area contributed by atoms with Crippen molar-refractivity contribution in [2.75, 3.05) is 45.9 Å². The maximum Gasteiger partial charge on any atom is 0.326 e. The predicted molar refractivity (Wildman–Crippen MR) is 135 cm³/mol. The number of carboxylic acids is 1. The van der Waals surface area contributed by atoms with Gasteiger partial charge in [-0.05, 0) is 44.7 Å². The molecule has 1 rings (SSSR count). The highest BCUT2D eigenvalue weighted by Gasteiger charge is 2.38. The van der Waals surface area contributed by atoms with E-state index >= 15 is 0 Å². The van der Waals surface area contributed by atoms with Crippen LogP contribution in [0.4, 0.5) is 4.79 Å². The molecule has 34 heavy (non-hydrogen) atoms. The number of nitrogens with one attached hydrogen (secondary N) is 1. The van der Waals surface area contributed by atoms with Crippen LogP contribution in [0.15, 0.2) is 0 Å². The zero-order chi connectivity index (χ0) is 26.7. The molecule has 0 aromatic rings. The maximum absolute atomic E-state index is 12.3. The molecule has 0 radical (unpaired) electrons. The Kier molecular flexibility index (Phi) is 13.6. The summed E-state index contributed by atoms with van der Waals surface area (Å²) in [7, 11) is -2.03. The van der Waals surface area contributed by atoms with Crippen molar-refractivity contribution >= 4 is 32.1 Å². The van der Waals surface area contributed by atoms with Gasteiger partial charge in [0.05, 0.1) is 0 Å². The van der Waals surface area contributed by atoms with Crippen LogP contribution in [0.25, 0.3) is 0 Å². The number of urea groups is 1. The van der Waals surface area contributed by atoms with Gasteiger partial charge in [0.1, 0.15) is 6.04 Å². The first-order valence-corrected chi connectivity index (χ1v) is 15.1. The molecular weight excluding hydrogens is 456 g/mol. The molecule has 0 aromatic carbocycles. The van der Waals surface area contributed by atoms with Crippen LogP contribution >= 0.6 is 0 Å². The van der Waals surface area contributed by atoms with Crippen LogP contribution in [-0.2, 0) is 18.8 Å². The number of amides is 4. The van der Waals surface area contributed by atoms with E-state index in [1.165, 1.54) is 24.5 Å². The topological polar surface area (TPSA) is 119 Å². The van der Waals surface area contributed by atoms with E-state index in [2.05, 4.69) is 64.9 Å². The average molecular weight is 503 g/mol. The molecule has 2 N–H and O–H groups in total. The lowest BCUT2D eigenvalue weighted by molar-refractivity contribution is -0.153. The Morgan fingerprint density at radius 1 is 1.06 bits per heavy atom. The van der Waals surface area contributed by atoms with Gasteiger partial charge in [0.2, 0.25) is 0 Å². The van der Waals surface area contributed by atoms with E-state index in [4.69, 9.17) is 4.43 Å². The van der Waals surface area contributed by atoms with Gasteiger partial charge >= 0.3 is 23.8 Å². The molecule has 198 valence electrons. The molecule has 1 fully saturated rings. The van der Waals surface area contributed by atoms with E-state index in [1.807, 2.05) is 0 Å². The van der Waals surface area contributed by atoms with Crippen molar-refractivity contribution in [3.05, 3.63) is 0 Å². The molecule has 10 nitrogen and oxygen atoms in total. The number of nitrogens with zero attached hydrogens (tertiary/aromatic N) is 3. The lowest BCUT2D eigenvalue weighted by Crippen LogP contribution is -2.59. The lowest BCUT2D eigenvalue weighted by atomic mass is 10.2. The second-order valence-electron chi connectivity index (χ2n) is 9.70. The summed E-state index contributed by atoms with van der Waals surface area (Å²) in [6, 6.07) is -2.07. The second-order valence-corrected chi connectivity index (χ2v) is 14.5. The molecular formula is C23H46N4O6Si. The lowest BCUT2D eigenvalue weighted by Gasteiger charge is -2.36. The number of rotatable bonds is 10. The fourth-order valence-electron chi connectivity index (χ4n) is 2.97. The molecule has 1 saturated heterocycles. The number of carbonyl (C=O) groups excluding carboxylic acids is 3. The molecule has 0 aliphatic carbocycles. The van der Waals surface area contributed by atoms with Crippen LogP contribution in [0, 0.1) is 0 Å². The molecule has 1 atom stereocenters. The normalized spacial score (nSPS) is 15.7. The molecule has 0 unspecified atom stereocenters. The predicted octanol–water partition coefficient (Wildman–Crippen LogP) is 2.60. The van der Waals surface area contributed by atoms with Crippen molar-refractivity contribution in [1.82, 2.24) is 20.0 Å². The van der Waals surface area contributed by atoms with Crippen LogP contribution in [0.3, 0.4) is 0 Å². The van der Waals surface area contributed by atoms with Gasteiger partial charge in [-0.3, -0.25) is 14.5 Å². The van der Waals surface area contributed by atoms with Crippen LogP contribution in [0.5, 0.6) is 0 Å². The molecule has 0 spiro atoms. The highest BCUT2D eigenvalue weighted by molar-refractivity contribution is 6.74. The number of likely N-dealkylation sites (N-methyl/N-ethyl adjacent to an activating group) is 1. The summed E-state index contributed by atoms with van der Waals surface area (Å²) in [5.74, 6) is -2.91. The Morgan fingerprint density at radius 3 is 1.97 bits per heavy atom. The zero-order valence-corrected chi connectivity index (χ0v) is 23.6. The largest absolute Gasteiger partial charge is 0.480 e. The maximum atomic E-state index is 12.3. The average Bonchev–Trinajstić information content (AvgIpc) is 2.75. The van der Waals surface area contributed by atoms with Gasteiger partial charge in [0, 0.05) is 32.7 Å². The number of imide groups is 1. The van der Waals surface area contributed by atoms with Crippen molar-refractivity contribution in [3.63, 3.8) is 0 Å². The molecule has 11 heteroatoms. The van der Waals surface area contributed by atoms with Crippen LogP contribution in [0.1, 0.15) is 54.9 Å². The summed E-state index contributed by atoms with van der Waals surface area (Å²) in [6.07, 6.45) is 0.0741. The molecule has 0 saturated carbocycles. The van der Waals surface area contributed by atoms with E-state index in [9.17, 15) is 24.3 Å². The summed E-state index contributed by atoms with van der Waals surface area (Å²) in [6.45, 7) is 23.0. The summed E-state index contributed by atoms with van der Waals surface area (Å²) < 4.78 is 5.95. The Bertz CT molecular complexity index is 686. The Labute approximate surface area is 206 Å². The number of hydrogen-bond donors (Lipinski definition) is 2. The minimum absolute atomic E-state index is 0.0132. The van der Waals surface area contributed by atoms with Crippen molar-refractivity contribution in [2.24, 2.45) is 0 Å². The first kappa shape index (κ1) is 32.0. The molecule has 0 aromatic heterocycles. The molecule has 0 bridgehead atoms. The van der Waals surface area contributed by atoms with Gasteiger partial charge in [-0.15, -0.1) is 0 Å². The third kappa shape index (κ3) is 9.71. The van der Waals surface area contributed by atoms with Crippen LogP contribution in [0.2, 0.25) is 18.1 Å². The fourth-order valence-corrected chi connectivity index (χ4v) is 4.03. The third-order valence-electron chi connectivity index (χ3n) is 6.55. The van der Waals surface area contributed by atoms with Gasteiger partial charge in [0.25, 0.3) is 0 Å². The Morgan fingerprint density at radius 2 is 1.59 bits per heavy atom. The fraction of sp³-hybridized carbons (Fsp3) is 0.826. The highest BCUT2D eigenvalue weighted by atomic mass is 28.4. The van der Waals surface area contributed by atoms with Gasteiger partial charge in [-0.25, -0.2) is 9.59 Å². The first-order chi connectivity index (χ1) is 15.7.